The predicted octanol–water partition coefficient (Wildman–Crippen LogP) is 11.6. The first-order chi connectivity index (χ1) is 22.9. The van der Waals surface area contributed by atoms with E-state index in [-0.39, 0.29) is 0 Å². The van der Waals surface area contributed by atoms with Crippen LogP contribution in [-0.4, -0.2) is 9.97 Å². The Morgan fingerprint density at radius 2 is 0.435 bits per heavy atom. The molecule has 0 saturated heterocycles. The standard InChI is InChI=1S/C44H30N2/c1-7-19-31(20-8-1)37-39-40(44(36-29-17-6-18-30-36)45-41(37)33-23-11-3-12-24-33)38(32-21-9-2-10-22-32)42(34-25-13-4-14-26-34)46-43(39)35-27-15-5-16-28-35/h1-30H. The molecule has 0 aliphatic carbocycles. The highest BCUT2D eigenvalue weighted by atomic mass is 14.8. The molecule has 0 N–H and O–H groups in total. The van der Waals surface area contributed by atoms with Gasteiger partial charge in [0.15, 0.2) is 0 Å². The minimum Gasteiger partial charge on any atom is -0.246 e. The molecule has 6 aromatic carbocycles. The fourth-order valence-electron chi connectivity index (χ4n) is 6.40. The van der Waals surface area contributed by atoms with Gasteiger partial charge in [0.05, 0.1) is 22.8 Å². The van der Waals surface area contributed by atoms with Gasteiger partial charge in [-0.15, -0.1) is 0 Å². The van der Waals surface area contributed by atoms with Gasteiger partial charge >= 0.3 is 0 Å². The molecule has 0 saturated carbocycles. The highest BCUT2D eigenvalue weighted by Crippen LogP contribution is 2.50. The average molecular weight is 587 g/mol. The van der Waals surface area contributed by atoms with Crippen LogP contribution in [0.15, 0.2) is 182 Å². The minimum absolute atomic E-state index is 0.934. The second-order valence-electron chi connectivity index (χ2n) is 11.3. The summed E-state index contributed by atoms with van der Waals surface area (Å²) in [5.41, 5.74) is 12.3. The van der Waals surface area contributed by atoms with Crippen LogP contribution in [0.1, 0.15) is 0 Å². The Hall–Kier alpha value is -6.12. The molecule has 0 atom stereocenters. The molecule has 0 spiro atoms. The Labute approximate surface area is 269 Å². The molecule has 0 fully saturated rings. The number of aromatic nitrogens is 2. The number of fused-ring (bicyclic) bond motifs is 1. The first-order valence-electron chi connectivity index (χ1n) is 15.6. The molecule has 0 bridgehead atoms. The van der Waals surface area contributed by atoms with Crippen molar-refractivity contribution in [1.82, 2.24) is 9.97 Å². The molecule has 0 unspecified atom stereocenters. The maximum Gasteiger partial charge on any atom is 0.0796 e. The zero-order valence-electron chi connectivity index (χ0n) is 25.2. The van der Waals surface area contributed by atoms with Crippen LogP contribution in [0.5, 0.6) is 0 Å². The van der Waals surface area contributed by atoms with E-state index >= 15 is 0 Å². The van der Waals surface area contributed by atoms with E-state index in [1.807, 2.05) is 0 Å². The fraction of sp³-hybridized carbons (Fsp3) is 0. The normalized spacial score (nSPS) is 11.0. The topological polar surface area (TPSA) is 25.8 Å². The summed E-state index contributed by atoms with van der Waals surface area (Å²) in [7, 11) is 0. The van der Waals surface area contributed by atoms with E-state index in [1.54, 1.807) is 0 Å². The molecule has 8 aromatic rings. The Kier molecular flexibility index (Phi) is 7.22. The van der Waals surface area contributed by atoms with Crippen molar-refractivity contribution >= 4 is 10.8 Å². The lowest BCUT2D eigenvalue weighted by atomic mass is 9.84. The third-order valence-corrected chi connectivity index (χ3v) is 8.46. The zero-order chi connectivity index (χ0) is 30.7. The lowest BCUT2D eigenvalue weighted by Crippen LogP contribution is -2.03. The van der Waals surface area contributed by atoms with Crippen molar-refractivity contribution in [3.63, 3.8) is 0 Å². The largest absolute Gasteiger partial charge is 0.246 e. The van der Waals surface area contributed by atoms with Crippen molar-refractivity contribution < 1.29 is 0 Å². The maximum absolute atomic E-state index is 5.65. The van der Waals surface area contributed by atoms with E-state index in [0.29, 0.717) is 0 Å². The number of hydrogen-bond donors (Lipinski definition) is 0. The van der Waals surface area contributed by atoms with Gasteiger partial charge in [0.25, 0.3) is 0 Å². The molecule has 0 aliphatic heterocycles. The highest BCUT2D eigenvalue weighted by molar-refractivity contribution is 6.20. The molecular formula is C44H30N2. The van der Waals surface area contributed by atoms with Gasteiger partial charge in [-0.3, -0.25) is 0 Å². The first kappa shape index (κ1) is 27.4. The van der Waals surface area contributed by atoms with Crippen molar-refractivity contribution in [3.8, 4) is 67.3 Å². The fourth-order valence-corrected chi connectivity index (χ4v) is 6.40. The summed E-state index contributed by atoms with van der Waals surface area (Å²) in [6.45, 7) is 0. The third kappa shape index (κ3) is 4.96. The van der Waals surface area contributed by atoms with Crippen LogP contribution in [0.2, 0.25) is 0 Å². The van der Waals surface area contributed by atoms with Gasteiger partial charge in [0.2, 0.25) is 0 Å². The highest BCUT2D eigenvalue weighted by Gasteiger charge is 2.27. The SMILES string of the molecule is c1ccc(-c2nc(-c3ccccc3)c3c(-c4ccccc4)c(-c4ccccc4)nc(-c4ccccc4)c3c2-c2ccccc2)cc1. The van der Waals surface area contributed by atoms with Gasteiger partial charge in [0, 0.05) is 44.2 Å². The molecule has 0 radical (unpaired) electrons. The van der Waals surface area contributed by atoms with Gasteiger partial charge in [-0.05, 0) is 11.1 Å². The first-order valence-corrected chi connectivity index (χ1v) is 15.6. The Balaban J connectivity index is 1.69. The molecule has 0 aliphatic rings. The van der Waals surface area contributed by atoms with Crippen molar-refractivity contribution in [2.24, 2.45) is 0 Å². The van der Waals surface area contributed by atoms with Gasteiger partial charge in [-0.2, -0.15) is 0 Å². The van der Waals surface area contributed by atoms with E-state index in [2.05, 4.69) is 182 Å². The van der Waals surface area contributed by atoms with Crippen molar-refractivity contribution in [2.75, 3.05) is 0 Å². The van der Waals surface area contributed by atoms with Crippen molar-refractivity contribution in [2.45, 2.75) is 0 Å². The summed E-state index contributed by atoms with van der Waals surface area (Å²) in [6.07, 6.45) is 0. The van der Waals surface area contributed by atoms with E-state index in [4.69, 9.17) is 9.97 Å². The number of hydrogen-bond acceptors (Lipinski definition) is 2. The van der Waals surface area contributed by atoms with E-state index < -0.39 is 0 Å². The van der Waals surface area contributed by atoms with Crippen LogP contribution in [-0.2, 0) is 0 Å². The molecule has 2 aromatic heterocycles. The maximum atomic E-state index is 5.65. The minimum atomic E-state index is 0.934. The molecule has 2 heterocycles. The van der Waals surface area contributed by atoms with Gasteiger partial charge in [-0.25, -0.2) is 9.97 Å². The summed E-state index contributed by atoms with van der Waals surface area (Å²) in [5.74, 6) is 0. The molecule has 216 valence electrons. The van der Waals surface area contributed by atoms with E-state index in [9.17, 15) is 0 Å². The molecular weight excluding hydrogens is 556 g/mol. The second kappa shape index (κ2) is 12.1. The van der Waals surface area contributed by atoms with Crippen LogP contribution in [0.25, 0.3) is 78.1 Å². The average Bonchev–Trinajstić information content (AvgIpc) is 3.15. The number of benzene rings is 6. The number of rotatable bonds is 6. The van der Waals surface area contributed by atoms with Gasteiger partial charge in [-0.1, -0.05) is 182 Å². The Morgan fingerprint density at radius 3 is 0.696 bits per heavy atom. The Bertz CT molecular complexity index is 2080. The van der Waals surface area contributed by atoms with Crippen LogP contribution in [0, 0.1) is 0 Å². The summed E-state index contributed by atoms with van der Waals surface area (Å²) in [5, 5.41) is 2.17. The van der Waals surface area contributed by atoms with Crippen LogP contribution < -0.4 is 0 Å². The van der Waals surface area contributed by atoms with Crippen LogP contribution in [0.4, 0.5) is 0 Å². The molecule has 0 amide bonds. The summed E-state index contributed by atoms with van der Waals surface area (Å²) < 4.78 is 0. The van der Waals surface area contributed by atoms with Gasteiger partial charge in [0.1, 0.15) is 0 Å². The summed E-state index contributed by atoms with van der Waals surface area (Å²) in [6, 6.07) is 63.5. The molecule has 2 nitrogen and oxygen atoms in total. The summed E-state index contributed by atoms with van der Waals surface area (Å²) in [4.78, 5) is 11.3. The van der Waals surface area contributed by atoms with Crippen LogP contribution in [0.3, 0.4) is 0 Å². The monoisotopic (exact) mass is 586 g/mol. The smallest absolute Gasteiger partial charge is 0.0796 e. The lowest BCUT2D eigenvalue weighted by molar-refractivity contribution is 1.31. The molecule has 2 heteroatoms. The molecule has 8 rings (SSSR count). The third-order valence-electron chi connectivity index (χ3n) is 8.46. The van der Waals surface area contributed by atoms with Crippen molar-refractivity contribution in [1.29, 1.82) is 0 Å². The lowest BCUT2D eigenvalue weighted by Gasteiger charge is -2.24. The van der Waals surface area contributed by atoms with Crippen LogP contribution >= 0.6 is 0 Å². The Morgan fingerprint density at radius 1 is 0.217 bits per heavy atom. The van der Waals surface area contributed by atoms with Gasteiger partial charge < -0.3 is 0 Å². The second-order valence-corrected chi connectivity index (χ2v) is 11.3. The summed E-state index contributed by atoms with van der Waals surface area (Å²) >= 11 is 0. The predicted molar refractivity (Wildman–Crippen MR) is 192 cm³/mol. The van der Waals surface area contributed by atoms with Crippen molar-refractivity contribution in [3.05, 3.63) is 182 Å². The molecule has 46 heavy (non-hydrogen) atoms. The van der Waals surface area contributed by atoms with E-state index in [0.717, 1.165) is 78.1 Å². The van der Waals surface area contributed by atoms with E-state index in [1.165, 1.54) is 0 Å². The zero-order valence-corrected chi connectivity index (χ0v) is 25.2. The quantitative estimate of drug-likeness (QED) is 0.194. The number of pyridine rings is 2. The number of nitrogens with zero attached hydrogens (tertiary/aromatic N) is 2.